The first-order valence-electron chi connectivity index (χ1n) is 7.79. The Morgan fingerprint density at radius 1 is 1.43 bits per heavy atom. The Kier molecular flexibility index (Phi) is 4.03. The minimum Gasteiger partial charge on any atom is -0.481 e. The van der Waals surface area contributed by atoms with Crippen molar-refractivity contribution < 1.29 is 14.3 Å². The predicted octanol–water partition coefficient (Wildman–Crippen LogP) is 3.25. The molecule has 0 aliphatic heterocycles. The Morgan fingerprint density at radius 2 is 2.13 bits per heavy atom. The molecular weight excluding hydrogens is 297 g/mol. The molecule has 1 fully saturated rings. The molecule has 3 rings (SSSR count). The third kappa shape index (κ3) is 2.91. The van der Waals surface area contributed by atoms with E-state index in [0.29, 0.717) is 25.3 Å². The Balaban J connectivity index is 1.84. The lowest BCUT2D eigenvalue weighted by atomic mass is 9.82. The second-order valence-corrected chi connectivity index (χ2v) is 6.28. The molecule has 0 saturated heterocycles. The molecule has 1 saturated carbocycles. The van der Waals surface area contributed by atoms with Crippen molar-refractivity contribution in [3.63, 3.8) is 0 Å². The molecule has 0 atom stereocenters. The molecule has 1 aromatic heterocycles. The summed E-state index contributed by atoms with van der Waals surface area (Å²) < 4.78 is 15.6. The largest absolute Gasteiger partial charge is 0.481 e. The number of hydrogen-bond acceptors (Lipinski definition) is 3. The van der Waals surface area contributed by atoms with Crippen LogP contribution in [0.5, 0.6) is 0 Å². The van der Waals surface area contributed by atoms with Crippen LogP contribution in [0.15, 0.2) is 12.1 Å². The fourth-order valence-corrected chi connectivity index (χ4v) is 3.42. The zero-order chi connectivity index (χ0) is 16.6. The summed E-state index contributed by atoms with van der Waals surface area (Å²) in [4.78, 5) is 11.0. The van der Waals surface area contributed by atoms with Gasteiger partial charge in [-0.3, -0.25) is 9.48 Å². The predicted molar refractivity (Wildman–Crippen MR) is 82.2 cm³/mol. The smallest absolute Gasteiger partial charge is 0.306 e. The van der Waals surface area contributed by atoms with Crippen LogP contribution in [-0.4, -0.2) is 20.9 Å². The summed E-state index contributed by atoms with van der Waals surface area (Å²) in [6.45, 7) is 2.50. The Bertz CT molecular complexity index is 798. The van der Waals surface area contributed by atoms with E-state index in [2.05, 4.69) is 5.10 Å². The molecule has 1 aliphatic carbocycles. The average molecular weight is 315 g/mol. The molecule has 1 aromatic carbocycles. The van der Waals surface area contributed by atoms with Crippen molar-refractivity contribution in [2.24, 2.45) is 11.8 Å². The number of benzene rings is 1. The maximum absolute atomic E-state index is 13.8. The van der Waals surface area contributed by atoms with Crippen LogP contribution >= 0.6 is 0 Å². The number of carboxylic acid groups (broad SMARTS) is 1. The second kappa shape index (κ2) is 5.99. The molecule has 0 spiro atoms. The van der Waals surface area contributed by atoms with E-state index >= 15 is 0 Å². The summed E-state index contributed by atoms with van der Waals surface area (Å²) in [6, 6.07) is 4.78. The van der Waals surface area contributed by atoms with E-state index in [1.807, 2.05) is 17.7 Å². The molecule has 1 N–H and O–H groups in total. The summed E-state index contributed by atoms with van der Waals surface area (Å²) in [7, 11) is 0. The van der Waals surface area contributed by atoms with Crippen LogP contribution in [0.3, 0.4) is 0 Å². The van der Waals surface area contributed by atoms with Crippen LogP contribution in [0.1, 0.15) is 36.9 Å². The topological polar surface area (TPSA) is 78.9 Å². The minimum absolute atomic E-state index is 0.0215. The number of nitriles is 1. The molecule has 0 unspecified atom stereocenters. The number of fused-ring (bicyclic) bond motifs is 1. The number of carboxylic acids is 1. The zero-order valence-corrected chi connectivity index (χ0v) is 12.9. The van der Waals surface area contributed by atoms with Gasteiger partial charge in [-0.1, -0.05) is 0 Å². The van der Waals surface area contributed by atoms with Crippen LogP contribution in [-0.2, 0) is 11.3 Å². The van der Waals surface area contributed by atoms with Gasteiger partial charge < -0.3 is 5.11 Å². The molecular formula is C17H18FN3O2. The van der Waals surface area contributed by atoms with Crippen LogP contribution in [0.4, 0.5) is 4.39 Å². The van der Waals surface area contributed by atoms with Gasteiger partial charge in [0.05, 0.1) is 22.7 Å². The molecule has 120 valence electrons. The van der Waals surface area contributed by atoms with Gasteiger partial charge in [0, 0.05) is 11.9 Å². The van der Waals surface area contributed by atoms with Crippen molar-refractivity contribution in [3.05, 3.63) is 29.2 Å². The lowest BCUT2D eigenvalue weighted by Crippen LogP contribution is -2.24. The molecule has 5 nitrogen and oxygen atoms in total. The van der Waals surface area contributed by atoms with Crippen molar-refractivity contribution in [3.8, 4) is 6.07 Å². The zero-order valence-electron chi connectivity index (χ0n) is 12.9. The first kappa shape index (κ1) is 15.5. The number of aryl methyl sites for hydroxylation is 1. The molecule has 1 aliphatic rings. The molecule has 0 amide bonds. The average Bonchev–Trinajstić information content (AvgIpc) is 2.82. The fourth-order valence-electron chi connectivity index (χ4n) is 3.42. The van der Waals surface area contributed by atoms with Gasteiger partial charge in [0.1, 0.15) is 11.9 Å². The second-order valence-electron chi connectivity index (χ2n) is 6.28. The van der Waals surface area contributed by atoms with Crippen LogP contribution in [0, 0.1) is 35.9 Å². The number of halogens is 1. The van der Waals surface area contributed by atoms with E-state index < -0.39 is 11.8 Å². The van der Waals surface area contributed by atoms with Crippen molar-refractivity contribution in [1.29, 1.82) is 5.26 Å². The van der Waals surface area contributed by atoms with Crippen molar-refractivity contribution in [1.82, 2.24) is 9.78 Å². The molecule has 1 heterocycles. The Labute approximate surface area is 133 Å². The van der Waals surface area contributed by atoms with Gasteiger partial charge in [0.25, 0.3) is 0 Å². The highest BCUT2D eigenvalue weighted by atomic mass is 19.1. The van der Waals surface area contributed by atoms with E-state index in [9.17, 15) is 9.18 Å². The Morgan fingerprint density at radius 3 is 2.74 bits per heavy atom. The molecule has 2 aromatic rings. The quantitative estimate of drug-likeness (QED) is 0.943. The van der Waals surface area contributed by atoms with E-state index in [1.54, 1.807) is 6.07 Å². The first-order valence-corrected chi connectivity index (χ1v) is 7.79. The maximum Gasteiger partial charge on any atom is 0.306 e. The highest BCUT2D eigenvalue weighted by molar-refractivity contribution is 5.83. The summed E-state index contributed by atoms with van der Waals surface area (Å²) in [5, 5.41) is 23.3. The third-order valence-electron chi connectivity index (χ3n) is 4.77. The summed E-state index contributed by atoms with van der Waals surface area (Å²) in [5.74, 6) is -1.10. The first-order chi connectivity index (χ1) is 11.0. The summed E-state index contributed by atoms with van der Waals surface area (Å²) in [6.07, 6.45) is 3.08. The highest BCUT2D eigenvalue weighted by Crippen LogP contribution is 2.31. The number of aliphatic carboxylic acids is 1. The summed E-state index contributed by atoms with van der Waals surface area (Å²) in [5.41, 5.74) is 1.52. The van der Waals surface area contributed by atoms with E-state index in [1.165, 1.54) is 6.07 Å². The molecule has 0 radical (unpaired) electrons. The van der Waals surface area contributed by atoms with Gasteiger partial charge in [-0.25, -0.2) is 4.39 Å². The lowest BCUT2D eigenvalue weighted by Gasteiger charge is -2.26. The third-order valence-corrected chi connectivity index (χ3v) is 4.77. The number of carbonyl (C=O) groups is 1. The van der Waals surface area contributed by atoms with Gasteiger partial charge in [0.15, 0.2) is 0 Å². The standard InChI is InChI=1S/C17H18FN3O2/c1-10-14-7-15(18)13(8-19)6-16(14)21(20-10)9-11-2-4-12(5-3-11)17(22)23/h6-7,11-12H,2-5,9H2,1H3,(H,22,23)/t11-,12-. The van der Waals surface area contributed by atoms with Crippen molar-refractivity contribution in [2.45, 2.75) is 39.2 Å². The Hall–Kier alpha value is -2.42. The van der Waals surface area contributed by atoms with Gasteiger partial charge in [0.2, 0.25) is 0 Å². The molecule has 23 heavy (non-hydrogen) atoms. The van der Waals surface area contributed by atoms with Gasteiger partial charge in [-0.2, -0.15) is 10.4 Å². The SMILES string of the molecule is Cc1nn(C[C@H]2CC[C@H](C(=O)O)CC2)c2cc(C#N)c(F)cc12. The van der Waals surface area contributed by atoms with Crippen LogP contribution in [0.2, 0.25) is 0 Å². The van der Waals surface area contributed by atoms with E-state index in [4.69, 9.17) is 10.4 Å². The van der Waals surface area contributed by atoms with Gasteiger partial charge in [-0.05, 0) is 50.7 Å². The van der Waals surface area contributed by atoms with Crippen LogP contribution < -0.4 is 0 Å². The number of aromatic nitrogens is 2. The van der Waals surface area contributed by atoms with Gasteiger partial charge >= 0.3 is 5.97 Å². The fraction of sp³-hybridized carbons (Fsp3) is 0.471. The number of hydrogen-bond donors (Lipinski definition) is 1. The highest BCUT2D eigenvalue weighted by Gasteiger charge is 2.26. The van der Waals surface area contributed by atoms with E-state index in [0.717, 1.165) is 29.4 Å². The summed E-state index contributed by atoms with van der Waals surface area (Å²) >= 11 is 0. The monoisotopic (exact) mass is 315 g/mol. The van der Waals surface area contributed by atoms with Crippen molar-refractivity contribution >= 4 is 16.9 Å². The number of rotatable bonds is 3. The van der Waals surface area contributed by atoms with Crippen LogP contribution in [0.25, 0.3) is 10.9 Å². The molecule has 6 heteroatoms. The van der Waals surface area contributed by atoms with E-state index in [-0.39, 0.29) is 11.5 Å². The normalized spacial score (nSPS) is 21.3. The lowest BCUT2D eigenvalue weighted by molar-refractivity contribution is -0.143. The number of nitrogens with zero attached hydrogens (tertiary/aromatic N) is 3. The molecule has 0 bridgehead atoms. The van der Waals surface area contributed by atoms with Crippen molar-refractivity contribution in [2.75, 3.05) is 0 Å². The van der Waals surface area contributed by atoms with Gasteiger partial charge in [-0.15, -0.1) is 0 Å². The maximum atomic E-state index is 13.8. The minimum atomic E-state index is -0.710.